The van der Waals surface area contributed by atoms with Gasteiger partial charge in [0.1, 0.15) is 5.82 Å². The van der Waals surface area contributed by atoms with Crippen LogP contribution in [0.3, 0.4) is 0 Å². The molecule has 0 N–H and O–H groups in total. The second-order valence-electron chi connectivity index (χ2n) is 7.49. The normalized spacial score (nSPS) is 21.0. The molecule has 4 heterocycles. The first-order valence-corrected chi connectivity index (χ1v) is 10.6. The SMILES string of the molecule is Fc1ccc(-c2cn3nc(N4CCC(OCC5CCOC5)CC4)sc3n2)cc1. The van der Waals surface area contributed by atoms with Crippen molar-refractivity contribution in [3.05, 3.63) is 36.3 Å². The number of aromatic nitrogens is 3. The molecule has 0 saturated carbocycles. The Balaban J connectivity index is 1.20. The molecular weight excluding hydrogens is 379 g/mol. The Hall–Kier alpha value is -2.03. The van der Waals surface area contributed by atoms with Crippen LogP contribution < -0.4 is 4.90 Å². The predicted molar refractivity (Wildman–Crippen MR) is 106 cm³/mol. The van der Waals surface area contributed by atoms with Crippen LogP contribution in [0.15, 0.2) is 30.5 Å². The Labute approximate surface area is 166 Å². The molecule has 5 rings (SSSR count). The minimum absolute atomic E-state index is 0.242. The summed E-state index contributed by atoms with van der Waals surface area (Å²) in [7, 11) is 0. The van der Waals surface area contributed by atoms with Crippen molar-refractivity contribution in [3.8, 4) is 11.3 Å². The van der Waals surface area contributed by atoms with Gasteiger partial charge in [-0.1, -0.05) is 11.3 Å². The van der Waals surface area contributed by atoms with Gasteiger partial charge in [0.05, 0.1) is 31.2 Å². The highest BCUT2D eigenvalue weighted by molar-refractivity contribution is 7.20. The Morgan fingerprint density at radius 2 is 2.00 bits per heavy atom. The molecule has 8 heteroatoms. The fraction of sp³-hybridized carbons (Fsp3) is 0.500. The van der Waals surface area contributed by atoms with Gasteiger partial charge in [0, 0.05) is 31.2 Å². The maximum atomic E-state index is 13.1. The van der Waals surface area contributed by atoms with Gasteiger partial charge in [-0.05, 0) is 43.5 Å². The summed E-state index contributed by atoms with van der Waals surface area (Å²) in [6, 6.07) is 6.39. The van der Waals surface area contributed by atoms with Crippen molar-refractivity contribution in [2.45, 2.75) is 25.4 Å². The van der Waals surface area contributed by atoms with Crippen LogP contribution in [0.4, 0.5) is 9.52 Å². The number of anilines is 1. The minimum atomic E-state index is -0.242. The number of halogens is 1. The van der Waals surface area contributed by atoms with Gasteiger partial charge < -0.3 is 14.4 Å². The molecule has 2 fully saturated rings. The molecule has 1 unspecified atom stereocenters. The number of rotatable bonds is 5. The average Bonchev–Trinajstić information content (AvgIpc) is 3.44. The van der Waals surface area contributed by atoms with E-state index in [2.05, 4.69) is 9.88 Å². The Kier molecular flexibility index (Phi) is 5.00. The quantitative estimate of drug-likeness (QED) is 0.653. The zero-order valence-electron chi connectivity index (χ0n) is 15.6. The van der Waals surface area contributed by atoms with Crippen LogP contribution >= 0.6 is 11.3 Å². The van der Waals surface area contributed by atoms with E-state index in [1.54, 1.807) is 23.5 Å². The van der Waals surface area contributed by atoms with Gasteiger partial charge in [0.15, 0.2) is 0 Å². The summed E-state index contributed by atoms with van der Waals surface area (Å²) in [5.74, 6) is 0.328. The van der Waals surface area contributed by atoms with Gasteiger partial charge in [0.2, 0.25) is 10.1 Å². The zero-order chi connectivity index (χ0) is 18.9. The first-order chi connectivity index (χ1) is 13.7. The second kappa shape index (κ2) is 7.77. The summed E-state index contributed by atoms with van der Waals surface area (Å²) in [6.45, 7) is 4.45. The predicted octanol–water partition coefficient (Wildman–Crippen LogP) is 3.62. The highest BCUT2D eigenvalue weighted by Crippen LogP contribution is 2.29. The number of benzene rings is 1. The maximum Gasteiger partial charge on any atom is 0.214 e. The molecule has 1 atom stereocenters. The van der Waals surface area contributed by atoms with E-state index in [1.807, 2.05) is 10.7 Å². The molecule has 0 radical (unpaired) electrons. The molecule has 28 heavy (non-hydrogen) atoms. The second-order valence-corrected chi connectivity index (χ2v) is 8.43. The summed E-state index contributed by atoms with van der Waals surface area (Å²) in [6.07, 6.45) is 5.41. The third kappa shape index (κ3) is 3.76. The smallest absolute Gasteiger partial charge is 0.214 e. The topological polar surface area (TPSA) is 51.9 Å². The molecule has 2 aliphatic heterocycles. The number of nitrogens with zero attached hydrogens (tertiary/aromatic N) is 4. The van der Waals surface area contributed by atoms with Crippen LogP contribution in [0.5, 0.6) is 0 Å². The van der Waals surface area contributed by atoms with Crippen LogP contribution in [0.25, 0.3) is 16.2 Å². The van der Waals surface area contributed by atoms with Gasteiger partial charge >= 0.3 is 0 Å². The third-order valence-electron chi connectivity index (χ3n) is 5.48. The lowest BCUT2D eigenvalue weighted by molar-refractivity contribution is 0.0131. The molecule has 2 aromatic heterocycles. The van der Waals surface area contributed by atoms with Crippen molar-refractivity contribution < 1.29 is 13.9 Å². The fourth-order valence-electron chi connectivity index (χ4n) is 3.78. The lowest BCUT2D eigenvalue weighted by atomic mass is 10.1. The van der Waals surface area contributed by atoms with Gasteiger partial charge in [-0.2, -0.15) is 0 Å². The Morgan fingerprint density at radius 1 is 1.18 bits per heavy atom. The van der Waals surface area contributed by atoms with Gasteiger partial charge in [0.25, 0.3) is 0 Å². The largest absolute Gasteiger partial charge is 0.381 e. The molecule has 0 bridgehead atoms. The lowest BCUT2D eigenvalue weighted by Crippen LogP contribution is -2.37. The molecule has 0 aliphatic carbocycles. The van der Waals surface area contributed by atoms with Gasteiger partial charge in [-0.3, -0.25) is 0 Å². The zero-order valence-corrected chi connectivity index (χ0v) is 16.4. The molecule has 0 spiro atoms. The number of hydrogen-bond acceptors (Lipinski definition) is 6. The molecule has 1 aromatic carbocycles. The molecule has 6 nitrogen and oxygen atoms in total. The summed E-state index contributed by atoms with van der Waals surface area (Å²) in [5.41, 5.74) is 1.71. The van der Waals surface area contributed by atoms with Crippen LogP contribution in [0.2, 0.25) is 0 Å². The summed E-state index contributed by atoms with van der Waals surface area (Å²) in [5, 5.41) is 5.70. The van der Waals surface area contributed by atoms with E-state index < -0.39 is 0 Å². The van der Waals surface area contributed by atoms with Crippen molar-refractivity contribution in [2.24, 2.45) is 5.92 Å². The third-order valence-corrected chi connectivity index (χ3v) is 6.46. The van der Waals surface area contributed by atoms with Crippen molar-refractivity contribution in [1.82, 2.24) is 14.6 Å². The van der Waals surface area contributed by atoms with Crippen LogP contribution in [0, 0.1) is 11.7 Å². The van der Waals surface area contributed by atoms with Crippen molar-refractivity contribution in [2.75, 3.05) is 37.8 Å². The van der Waals surface area contributed by atoms with Crippen molar-refractivity contribution in [3.63, 3.8) is 0 Å². The molecule has 148 valence electrons. The monoisotopic (exact) mass is 402 g/mol. The number of ether oxygens (including phenoxy) is 2. The summed E-state index contributed by atoms with van der Waals surface area (Å²) in [4.78, 5) is 7.82. The van der Waals surface area contributed by atoms with E-state index in [-0.39, 0.29) is 5.82 Å². The number of hydrogen-bond donors (Lipinski definition) is 0. The molecule has 2 aliphatic rings. The lowest BCUT2D eigenvalue weighted by Gasteiger charge is -2.31. The van der Waals surface area contributed by atoms with E-state index in [0.717, 1.165) is 73.5 Å². The number of imidazole rings is 1. The highest BCUT2D eigenvalue weighted by Gasteiger charge is 2.24. The van der Waals surface area contributed by atoms with Crippen LogP contribution in [-0.4, -0.2) is 53.6 Å². The van der Waals surface area contributed by atoms with Crippen LogP contribution in [0.1, 0.15) is 19.3 Å². The first-order valence-electron chi connectivity index (χ1n) is 9.81. The average molecular weight is 402 g/mol. The molecule has 0 amide bonds. The standard InChI is InChI=1S/C20H23FN4O2S/c21-16-3-1-15(2-4-16)18-11-25-19(22-18)28-20(23-25)24-8-5-17(6-9-24)27-13-14-7-10-26-12-14/h1-4,11,14,17H,5-10,12-13H2. The van der Waals surface area contributed by atoms with E-state index in [0.29, 0.717) is 12.0 Å². The summed E-state index contributed by atoms with van der Waals surface area (Å²) >= 11 is 1.59. The summed E-state index contributed by atoms with van der Waals surface area (Å²) < 4.78 is 26.4. The van der Waals surface area contributed by atoms with Gasteiger partial charge in [-0.25, -0.2) is 13.9 Å². The van der Waals surface area contributed by atoms with E-state index in [9.17, 15) is 4.39 Å². The van der Waals surface area contributed by atoms with Gasteiger partial charge in [-0.15, -0.1) is 5.10 Å². The Bertz CT molecular complexity index is 896. The maximum absolute atomic E-state index is 13.1. The van der Waals surface area contributed by atoms with Crippen LogP contribution in [-0.2, 0) is 9.47 Å². The first kappa shape index (κ1) is 18.0. The van der Waals surface area contributed by atoms with E-state index in [4.69, 9.17) is 14.6 Å². The molecular formula is C20H23FN4O2S. The number of piperidine rings is 1. The van der Waals surface area contributed by atoms with E-state index in [1.165, 1.54) is 12.1 Å². The van der Waals surface area contributed by atoms with Crippen molar-refractivity contribution in [1.29, 1.82) is 0 Å². The fourth-order valence-corrected chi connectivity index (χ4v) is 4.71. The van der Waals surface area contributed by atoms with E-state index >= 15 is 0 Å². The molecule has 3 aromatic rings. The Morgan fingerprint density at radius 3 is 2.71 bits per heavy atom. The van der Waals surface area contributed by atoms with Crippen molar-refractivity contribution >= 4 is 21.4 Å². The molecule has 2 saturated heterocycles. The number of fused-ring (bicyclic) bond motifs is 1. The minimum Gasteiger partial charge on any atom is -0.381 e. The highest BCUT2D eigenvalue weighted by atomic mass is 32.1.